The maximum absolute atomic E-state index is 12.3. The zero-order valence-electron chi connectivity index (χ0n) is 13.1. The average molecular weight is 389 g/mol. The van der Waals surface area contributed by atoms with Crippen molar-refractivity contribution in [1.82, 2.24) is 4.98 Å². The van der Waals surface area contributed by atoms with Crippen LogP contribution in [0.25, 0.3) is 0 Å². The van der Waals surface area contributed by atoms with Gasteiger partial charge in [0.25, 0.3) is 5.91 Å². The first-order valence-electron chi connectivity index (χ1n) is 7.50. The van der Waals surface area contributed by atoms with E-state index >= 15 is 0 Å². The number of hydrogen-bond donors (Lipinski definition) is 1. The Hall–Kier alpha value is -2.01. The van der Waals surface area contributed by atoms with Crippen molar-refractivity contribution in [2.24, 2.45) is 0 Å². The fraction of sp³-hybridized carbons (Fsp3) is 0.0526. The average Bonchev–Trinajstić information content (AvgIpc) is 2.64. The van der Waals surface area contributed by atoms with Crippen molar-refractivity contribution < 1.29 is 4.79 Å². The summed E-state index contributed by atoms with van der Waals surface area (Å²) in [7, 11) is 0. The summed E-state index contributed by atoms with van der Waals surface area (Å²) in [4.78, 5) is 17.5. The Morgan fingerprint density at radius 3 is 2.52 bits per heavy atom. The highest BCUT2D eigenvalue weighted by Gasteiger charge is 2.08. The molecule has 0 aliphatic carbocycles. The second-order valence-corrected chi connectivity index (χ2v) is 7.12. The van der Waals surface area contributed by atoms with Gasteiger partial charge in [-0.3, -0.25) is 9.78 Å². The van der Waals surface area contributed by atoms with E-state index in [1.807, 2.05) is 30.5 Å². The van der Waals surface area contributed by atoms with Crippen LogP contribution in [-0.4, -0.2) is 10.9 Å². The lowest BCUT2D eigenvalue weighted by Gasteiger charge is -2.07. The maximum Gasteiger partial charge on any atom is 0.255 e. The van der Waals surface area contributed by atoms with Crippen LogP contribution in [0.1, 0.15) is 15.9 Å². The number of hydrogen-bond acceptors (Lipinski definition) is 3. The monoisotopic (exact) mass is 388 g/mol. The summed E-state index contributed by atoms with van der Waals surface area (Å²) in [5.41, 5.74) is 2.35. The number of carbonyl (C=O) groups is 1. The van der Waals surface area contributed by atoms with Crippen LogP contribution in [0.5, 0.6) is 0 Å². The number of anilines is 1. The predicted octanol–water partition coefficient (Wildman–Crippen LogP) is 5.93. The number of amides is 1. The molecule has 3 aromatic rings. The van der Waals surface area contributed by atoms with Gasteiger partial charge in [-0.15, -0.1) is 11.8 Å². The second-order valence-electron chi connectivity index (χ2n) is 5.26. The van der Waals surface area contributed by atoms with Crippen LogP contribution in [0.15, 0.2) is 71.9 Å². The second kappa shape index (κ2) is 8.39. The molecule has 0 aliphatic heterocycles. The van der Waals surface area contributed by atoms with E-state index in [0.29, 0.717) is 21.3 Å². The summed E-state index contributed by atoms with van der Waals surface area (Å²) in [6, 6.07) is 16.4. The van der Waals surface area contributed by atoms with Crippen LogP contribution in [-0.2, 0) is 5.75 Å². The van der Waals surface area contributed by atoms with Gasteiger partial charge in [0.15, 0.2) is 0 Å². The van der Waals surface area contributed by atoms with Gasteiger partial charge in [-0.25, -0.2) is 0 Å². The fourth-order valence-electron chi connectivity index (χ4n) is 2.13. The molecule has 0 radical (unpaired) electrons. The highest BCUT2D eigenvalue weighted by molar-refractivity contribution is 7.98. The number of nitrogens with one attached hydrogen (secondary N) is 1. The van der Waals surface area contributed by atoms with Crippen molar-refractivity contribution >= 4 is 46.6 Å². The number of nitrogens with zero attached hydrogens (tertiary/aromatic N) is 1. The van der Waals surface area contributed by atoms with Gasteiger partial charge in [-0.1, -0.05) is 29.3 Å². The Kier molecular flexibility index (Phi) is 5.97. The molecular weight excluding hydrogens is 375 g/mol. The zero-order chi connectivity index (χ0) is 17.6. The molecule has 0 saturated heterocycles. The molecule has 0 aliphatic rings. The third kappa shape index (κ3) is 4.98. The molecule has 1 aromatic heterocycles. The molecule has 1 heterocycles. The molecule has 2 aromatic carbocycles. The van der Waals surface area contributed by atoms with Crippen molar-refractivity contribution in [3.63, 3.8) is 0 Å². The van der Waals surface area contributed by atoms with Crippen LogP contribution in [0.3, 0.4) is 0 Å². The van der Waals surface area contributed by atoms with Crippen molar-refractivity contribution in [2.75, 3.05) is 5.32 Å². The number of benzene rings is 2. The Morgan fingerprint density at radius 2 is 1.84 bits per heavy atom. The molecule has 0 saturated carbocycles. The molecule has 1 amide bonds. The lowest BCUT2D eigenvalue weighted by molar-refractivity contribution is 0.102. The summed E-state index contributed by atoms with van der Waals surface area (Å²) in [6.07, 6.45) is 3.61. The van der Waals surface area contributed by atoms with Crippen molar-refractivity contribution in [2.45, 2.75) is 10.6 Å². The molecule has 6 heteroatoms. The molecule has 0 atom stereocenters. The highest BCUT2D eigenvalue weighted by atomic mass is 35.5. The minimum Gasteiger partial charge on any atom is -0.322 e. The first kappa shape index (κ1) is 17.8. The number of thioether (sulfide) groups is 1. The summed E-state index contributed by atoms with van der Waals surface area (Å²) in [6.45, 7) is 0. The summed E-state index contributed by atoms with van der Waals surface area (Å²) >= 11 is 13.5. The van der Waals surface area contributed by atoms with Crippen molar-refractivity contribution in [3.05, 3.63) is 88.2 Å². The first-order valence-corrected chi connectivity index (χ1v) is 9.24. The van der Waals surface area contributed by atoms with E-state index < -0.39 is 0 Å². The number of rotatable bonds is 5. The summed E-state index contributed by atoms with van der Waals surface area (Å²) in [5, 5.41) is 3.66. The Labute approximate surface area is 160 Å². The quantitative estimate of drug-likeness (QED) is 0.550. The van der Waals surface area contributed by atoms with Gasteiger partial charge in [0.2, 0.25) is 0 Å². The molecule has 126 valence electrons. The fourth-order valence-corrected chi connectivity index (χ4v) is 3.26. The summed E-state index contributed by atoms with van der Waals surface area (Å²) < 4.78 is 0. The lowest BCUT2D eigenvalue weighted by atomic mass is 10.2. The third-order valence-corrected chi connectivity index (χ3v) is 5.24. The Balaban J connectivity index is 1.61. The smallest absolute Gasteiger partial charge is 0.255 e. The van der Waals surface area contributed by atoms with E-state index in [1.165, 1.54) is 0 Å². The SMILES string of the molecule is O=C(Nc1ccc(Cl)c(Cl)c1)c1ccc(SCc2cccnc2)cc1. The van der Waals surface area contributed by atoms with Crippen LogP contribution < -0.4 is 5.32 Å². The summed E-state index contributed by atoms with van der Waals surface area (Å²) in [5.74, 6) is 0.644. The van der Waals surface area contributed by atoms with Crippen LogP contribution in [0, 0.1) is 0 Å². The molecular formula is C19H14Cl2N2OS. The Morgan fingerprint density at radius 1 is 1.04 bits per heavy atom. The van der Waals surface area contributed by atoms with Gasteiger partial charge in [0, 0.05) is 34.3 Å². The molecule has 0 unspecified atom stereocenters. The number of halogens is 2. The minimum absolute atomic E-state index is 0.192. The lowest BCUT2D eigenvalue weighted by Crippen LogP contribution is -2.11. The van der Waals surface area contributed by atoms with E-state index in [2.05, 4.69) is 10.3 Å². The molecule has 25 heavy (non-hydrogen) atoms. The van der Waals surface area contributed by atoms with E-state index in [4.69, 9.17) is 23.2 Å². The van der Waals surface area contributed by atoms with Gasteiger partial charge in [0.1, 0.15) is 0 Å². The van der Waals surface area contributed by atoms with Crippen LogP contribution in [0.2, 0.25) is 10.0 Å². The normalized spacial score (nSPS) is 10.5. The van der Waals surface area contributed by atoms with E-state index in [1.54, 1.807) is 48.3 Å². The topological polar surface area (TPSA) is 42.0 Å². The molecule has 0 fully saturated rings. The van der Waals surface area contributed by atoms with Gasteiger partial charge in [0.05, 0.1) is 10.0 Å². The van der Waals surface area contributed by atoms with Gasteiger partial charge >= 0.3 is 0 Å². The number of aromatic nitrogens is 1. The van der Waals surface area contributed by atoms with Gasteiger partial charge in [-0.2, -0.15) is 0 Å². The standard InChI is InChI=1S/C19H14Cl2N2OS/c20-17-8-5-15(10-18(17)21)23-19(24)14-3-6-16(7-4-14)25-12-13-2-1-9-22-11-13/h1-11H,12H2,(H,23,24). The van der Waals surface area contributed by atoms with Crippen LogP contribution >= 0.6 is 35.0 Å². The van der Waals surface area contributed by atoms with Gasteiger partial charge in [-0.05, 0) is 54.1 Å². The van der Waals surface area contributed by atoms with E-state index in [-0.39, 0.29) is 5.91 Å². The Bertz CT molecular complexity index is 870. The number of pyridine rings is 1. The molecule has 1 N–H and O–H groups in total. The number of carbonyl (C=O) groups excluding carboxylic acids is 1. The molecule has 0 spiro atoms. The van der Waals surface area contributed by atoms with E-state index in [0.717, 1.165) is 16.2 Å². The zero-order valence-corrected chi connectivity index (χ0v) is 15.4. The minimum atomic E-state index is -0.192. The van der Waals surface area contributed by atoms with Crippen molar-refractivity contribution in [3.8, 4) is 0 Å². The predicted molar refractivity (Wildman–Crippen MR) is 105 cm³/mol. The highest BCUT2D eigenvalue weighted by Crippen LogP contribution is 2.26. The largest absolute Gasteiger partial charge is 0.322 e. The molecule has 0 bridgehead atoms. The third-order valence-electron chi connectivity index (χ3n) is 3.42. The van der Waals surface area contributed by atoms with Crippen molar-refractivity contribution in [1.29, 1.82) is 0 Å². The molecule has 3 rings (SSSR count). The maximum atomic E-state index is 12.3. The first-order chi connectivity index (χ1) is 12.1. The van der Waals surface area contributed by atoms with E-state index in [9.17, 15) is 4.79 Å². The van der Waals surface area contributed by atoms with Crippen LogP contribution in [0.4, 0.5) is 5.69 Å². The molecule has 3 nitrogen and oxygen atoms in total. The van der Waals surface area contributed by atoms with Gasteiger partial charge < -0.3 is 5.32 Å².